The SMILES string of the molecule is C=C(C)C(OCCCCCCCCCCCCCCCC)OC(=O)NCCCCBr. The molecular weight excluding hydrogens is 442 g/mol. The van der Waals surface area contributed by atoms with E-state index in [1.54, 1.807) is 0 Å². The summed E-state index contributed by atoms with van der Waals surface area (Å²) in [5.74, 6) is 0. The maximum Gasteiger partial charge on any atom is 0.409 e. The topological polar surface area (TPSA) is 47.6 Å². The van der Waals surface area contributed by atoms with Gasteiger partial charge in [0, 0.05) is 11.9 Å². The second kappa shape index (κ2) is 23.1. The summed E-state index contributed by atoms with van der Waals surface area (Å²) in [5.41, 5.74) is 0.718. The molecule has 0 aromatic rings. The van der Waals surface area contributed by atoms with Gasteiger partial charge in [-0.25, -0.2) is 4.79 Å². The number of halogens is 1. The number of carbonyl (C=O) groups is 1. The van der Waals surface area contributed by atoms with Gasteiger partial charge in [0.1, 0.15) is 0 Å². The molecule has 30 heavy (non-hydrogen) atoms. The Morgan fingerprint density at radius 3 is 1.80 bits per heavy atom. The summed E-state index contributed by atoms with van der Waals surface area (Å²) in [6.07, 6.45) is 19.6. The van der Waals surface area contributed by atoms with E-state index in [1.165, 1.54) is 83.5 Å². The van der Waals surface area contributed by atoms with Gasteiger partial charge in [-0.3, -0.25) is 0 Å². The van der Waals surface area contributed by atoms with E-state index in [9.17, 15) is 4.79 Å². The number of hydrogen-bond acceptors (Lipinski definition) is 3. The zero-order valence-electron chi connectivity index (χ0n) is 19.8. The van der Waals surface area contributed by atoms with Crippen LogP contribution in [0.25, 0.3) is 0 Å². The normalized spacial score (nSPS) is 12.0. The molecule has 5 heteroatoms. The molecule has 0 fully saturated rings. The van der Waals surface area contributed by atoms with E-state index in [1.807, 2.05) is 6.92 Å². The lowest BCUT2D eigenvalue weighted by Gasteiger charge is -2.18. The van der Waals surface area contributed by atoms with E-state index in [0.717, 1.165) is 30.2 Å². The van der Waals surface area contributed by atoms with E-state index >= 15 is 0 Å². The first-order chi connectivity index (χ1) is 14.6. The van der Waals surface area contributed by atoms with E-state index in [-0.39, 0.29) is 0 Å². The molecule has 1 unspecified atom stereocenters. The molecule has 0 aliphatic carbocycles. The lowest BCUT2D eigenvalue weighted by Crippen LogP contribution is -2.31. The Kier molecular flexibility index (Phi) is 22.7. The third-order valence-corrected chi connectivity index (χ3v) is 5.77. The van der Waals surface area contributed by atoms with E-state index in [0.29, 0.717) is 13.2 Å². The minimum Gasteiger partial charge on any atom is -0.416 e. The molecule has 0 heterocycles. The van der Waals surface area contributed by atoms with Crippen molar-refractivity contribution in [2.75, 3.05) is 18.5 Å². The number of unbranched alkanes of at least 4 members (excludes halogenated alkanes) is 14. The Labute approximate surface area is 195 Å². The third kappa shape index (κ3) is 20.7. The number of carbonyl (C=O) groups excluding carboxylic acids is 1. The second-order valence-electron chi connectivity index (χ2n) is 8.37. The van der Waals surface area contributed by atoms with Gasteiger partial charge in [0.15, 0.2) is 0 Å². The van der Waals surface area contributed by atoms with Crippen LogP contribution < -0.4 is 5.32 Å². The molecule has 0 spiro atoms. The van der Waals surface area contributed by atoms with Crippen LogP contribution in [0, 0.1) is 0 Å². The molecule has 1 N–H and O–H groups in total. The number of nitrogens with one attached hydrogen (secondary N) is 1. The number of ether oxygens (including phenoxy) is 2. The van der Waals surface area contributed by atoms with E-state index in [4.69, 9.17) is 9.47 Å². The maximum absolute atomic E-state index is 11.8. The first-order valence-electron chi connectivity index (χ1n) is 12.4. The molecule has 1 amide bonds. The van der Waals surface area contributed by atoms with Crippen molar-refractivity contribution in [2.24, 2.45) is 0 Å². The summed E-state index contributed by atoms with van der Waals surface area (Å²) in [7, 11) is 0. The Morgan fingerprint density at radius 1 is 0.833 bits per heavy atom. The summed E-state index contributed by atoms with van der Waals surface area (Å²) < 4.78 is 11.0. The van der Waals surface area contributed by atoms with Crippen LogP contribution in [0.4, 0.5) is 4.79 Å². The lowest BCUT2D eigenvalue weighted by atomic mass is 10.0. The number of alkyl carbamates (subject to hydrolysis) is 1. The van der Waals surface area contributed by atoms with Crippen molar-refractivity contribution < 1.29 is 14.3 Å². The van der Waals surface area contributed by atoms with Gasteiger partial charge in [-0.05, 0) is 31.8 Å². The van der Waals surface area contributed by atoms with Gasteiger partial charge in [-0.15, -0.1) is 0 Å². The minimum atomic E-state index is -0.650. The van der Waals surface area contributed by atoms with Gasteiger partial charge in [-0.2, -0.15) is 0 Å². The number of hydrogen-bond donors (Lipinski definition) is 1. The first-order valence-corrected chi connectivity index (χ1v) is 13.5. The van der Waals surface area contributed by atoms with E-state index in [2.05, 4.69) is 34.7 Å². The summed E-state index contributed by atoms with van der Waals surface area (Å²) in [6, 6.07) is 0. The van der Waals surface area contributed by atoms with Crippen molar-refractivity contribution in [1.29, 1.82) is 0 Å². The summed E-state index contributed by atoms with van der Waals surface area (Å²) in [4.78, 5) is 11.8. The van der Waals surface area contributed by atoms with E-state index < -0.39 is 12.4 Å². The lowest BCUT2D eigenvalue weighted by molar-refractivity contribution is -0.0797. The van der Waals surface area contributed by atoms with Crippen molar-refractivity contribution in [1.82, 2.24) is 5.32 Å². The molecular formula is C25H48BrNO3. The predicted octanol–water partition coefficient (Wildman–Crippen LogP) is 8.29. The molecule has 0 aliphatic rings. The van der Waals surface area contributed by atoms with Crippen LogP contribution in [0.5, 0.6) is 0 Å². The average Bonchev–Trinajstić information content (AvgIpc) is 2.73. The maximum atomic E-state index is 11.8. The molecule has 4 nitrogen and oxygen atoms in total. The molecule has 178 valence electrons. The van der Waals surface area contributed by atoms with Crippen LogP contribution in [-0.2, 0) is 9.47 Å². The van der Waals surface area contributed by atoms with Crippen LogP contribution >= 0.6 is 15.9 Å². The van der Waals surface area contributed by atoms with Crippen molar-refractivity contribution >= 4 is 22.0 Å². The van der Waals surface area contributed by atoms with Crippen LogP contribution in [0.2, 0.25) is 0 Å². The Bertz CT molecular complexity index is 404. The van der Waals surface area contributed by atoms with Crippen molar-refractivity contribution in [3.8, 4) is 0 Å². The van der Waals surface area contributed by atoms with Crippen LogP contribution in [-0.4, -0.2) is 30.9 Å². The highest BCUT2D eigenvalue weighted by molar-refractivity contribution is 9.09. The van der Waals surface area contributed by atoms with Crippen molar-refractivity contribution in [3.63, 3.8) is 0 Å². The monoisotopic (exact) mass is 489 g/mol. The van der Waals surface area contributed by atoms with Crippen LogP contribution in [0.1, 0.15) is 117 Å². The highest BCUT2D eigenvalue weighted by Crippen LogP contribution is 2.13. The Hall–Kier alpha value is -0.550. The molecule has 0 bridgehead atoms. The fourth-order valence-corrected chi connectivity index (χ4v) is 3.71. The predicted molar refractivity (Wildman–Crippen MR) is 132 cm³/mol. The first kappa shape index (κ1) is 29.5. The average molecular weight is 491 g/mol. The van der Waals surface area contributed by atoms with Gasteiger partial charge in [0.2, 0.25) is 6.29 Å². The van der Waals surface area contributed by atoms with Crippen molar-refractivity contribution in [2.45, 2.75) is 123 Å². The van der Waals surface area contributed by atoms with Crippen LogP contribution in [0.3, 0.4) is 0 Å². The van der Waals surface area contributed by atoms with Gasteiger partial charge < -0.3 is 14.8 Å². The van der Waals surface area contributed by atoms with Crippen LogP contribution in [0.15, 0.2) is 12.2 Å². The molecule has 0 aliphatic heterocycles. The summed E-state index contributed by atoms with van der Waals surface area (Å²) >= 11 is 3.38. The third-order valence-electron chi connectivity index (χ3n) is 5.21. The quantitative estimate of drug-likeness (QED) is 0.0719. The number of amides is 1. The summed E-state index contributed by atoms with van der Waals surface area (Å²) in [6.45, 7) is 9.19. The number of alkyl halides is 1. The Balaban J connectivity index is 3.50. The highest BCUT2D eigenvalue weighted by Gasteiger charge is 2.15. The minimum absolute atomic E-state index is 0.432. The largest absolute Gasteiger partial charge is 0.416 e. The standard InChI is InChI=1S/C25H48BrNO3/c1-4-5-6-7-8-9-10-11-12-13-14-15-16-19-22-29-24(23(2)3)30-25(28)27-21-18-17-20-26/h24H,2,4-22H2,1,3H3,(H,27,28). The summed E-state index contributed by atoms with van der Waals surface area (Å²) in [5, 5.41) is 3.70. The number of rotatable bonds is 22. The molecule has 0 saturated carbocycles. The zero-order valence-corrected chi connectivity index (χ0v) is 21.4. The fraction of sp³-hybridized carbons (Fsp3) is 0.880. The van der Waals surface area contributed by atoms with Gasteiger partial charge >= 0.3 is 6.09 Å². The second-order valence-corrected chi connectivity index (χ2v) is 9.17. The molecule has 0 saturated heterocycles. The highest BCUT2D eigenvalue weighted by atomic mass is 79.9. The molecule has 0 aromatic heterocycles. The zero-order chi connectivity index (χ0) is 22.3. The molecule has 0 aromatic carbocycles. The Morgan fingerprint density at radius 2 is 1.33 bits per heavy atom. The van der Waals surface area contributed by atoms with Gasteiger partial charge in [0.05, 0.1) is 6.61 Å². The molecule has 0 radical (unpaired) electrons. The van der Waals surface area contributed by atoms with Gasteiger partial charge in [0.25, 0.3) is 0 Å². The molecule has 1 atom stereocenters. The molecule has 0 rings (SSSR count). The fourth-order valence-electron chi connectivity index (χ4n) is 3.31. The smallest absolute Gasteiger partial charge is 0.409 e. The van der Waals surface area contributed by atoms with Gasteiger partial charge in [-0.1, -0.05) is 113 Å². The van der Waals surface area contributed by atoms with Crippen molar-refractivity contribution in [3.05, 3.63) is 12.2 Å².